The minimum atomic E-state index is 0.902. The molecule has 0 aliphatic carbocycles. The third-order valence-electron chi connectivity index (χ3n) is 2.57. The second kappa shape index (κ2) is 2.87. The first kappa shape index (κ1) is 7.62. The van der Waals surface area contributed by atoms with Crippen molar-refractivity contribution in [1.29, 1.82) is 0 Å². The molecule has 70 valence electrons. The van der Waals surface area contributed by atoms with Gasteiger partial charge in [0.25, 0.3) is 0 Å². The molecule has 3 rings (SSSR count). The third kappa shape index (κ3) is 1.02. The third-order valence-corrected chi connectivity index (χ3v) is 2.57. The maximum atomic E-state index is 4.21. The number of aromatic nitrogens is 1. The summed E-state index contributed by atoms with van der Waals surface area (Å²) < 4.78 is 0. The molecule has 0 atom stereocenters. The summed E-state index contributed by atoms with van der Waals surface area (Å²) in [5.74, 6) is 0. The summed E-state index contributed by atoms with van der Waals surface area (Å²) in [5.41, 5.74) is 2.41. The van der Waals surface area contributed by atoms with E-state index in [4.69, 9.17) is 0 Å². The number of benzene rings is 1. The first-order chi connectivity index (χ1) is 6.95. The Morgan fingerprint density at radius 2 is 2.21 bits per heavy atom. The van der Waals surface area contributed by atoms with Gasteiger partial charge in [-0.15, -0.1) is 0 Å². The summed E-state index contributed by atoms with van der Waals surface area (Å²) in [4.78, 5) is 9.66. The summed E-state index contributed by atoms with van der Waals surface area (Å²) >= 11 is 0. The summed E-state index contributed by atoms with van der Waals surface area (Å²) in [6.45, 7) is 1.89. The van der Waals surface area contributed by atoms with Crippen LogP contribution in [0.3, 0.4) is 0 Å². The van der Waals surface area contributed by atoms with Crippen molar-refractivity contribution in [1.82, 2.24) is 4.98 Å². The lowest BCUT2D eigenvalue weighted by Crippen LogP contribution is -2.17. The van der Waals surface area contributed by atoms with Crippen molar-refractivity contribution in [2.75, 3.05) is 18.0 Å². The van der Waals surface area contributed by atoms with Gasteiger partial charge in [-0.2, -0.15) is 0 Å². The highest BCUT2D eigenvalue weighted by Gasteiger charge is 2.11. The van der Waals surface area contributed by atoms with Crippen LogP contribution >= 0.6 is 0 Å². The van der Waals surface area contributed by atoms with E-state index in [0.29, 0.717) is 0 Å². The van der Waals surface area contributed by atoms with Crippen molar-refractivity contribution in [3.05, 3.63) is 30.5 Å². The smallest absolute Gasteiger partial charge is 0.0896 e. The molecule has 0 saturated carbocycles. The van der Waals surface area contributed by atoms with Crippen LogP contribution in [0.2, 0.25) is 0 Å². The Balaban J connectivity index is 2.16. The zero-order valence-corrected chi connectivity index (χ0v) is 7.77. The molecule has 2 aromatic rings. The molecule has 14 heavy (non-hydrogen) atoms. The molecule has 0 unspecified atom stereocenters. The minimum absolute atomic E-state index is 0.902. The molecule has 0 fully saturated rings. The van der Waals surface area contributed by atoms with E-state index in [1.165, 1.54) is 16.6 Å². The topological polar surface area (TPSA) is 31.4 Å². The van der Waals surface area contributed by atoms with E-state index in [9.17, 15) is 0 Å². The first-order valence-electron chi connectivity index (χ1n) is 4.78. The molecular formula is C11H11N3. The van der Waals surface area contributed by atoms with Gasteiger partial charge in [-0.05, 0) is 6.07 Å². The molecule has 1 aliphatic heterocycles. The molecule has 1 aromatic carbocycles. The van der Waals surface area contributed by atoms with Crippen LogP contribution < -0.4 is 4.90 Å². The van der Waals surface area contributed by atoms with Gasteiger partial charge >= 0.3 is 0 Å². The van der Waals surface area contributed by atoms with Crippen molar-refractivity contribution in [2.45, 2.75) is 0 Å². The van der Waals surface area contributed by atoms with Crippen LogP contribution in [0.1, 0.15) is 0 Å². The van der Waals surface area contributed by atoms with Crippen LogP contribution in [0.25, 0.3) is 10.9 Å². The van der Waals surface area contributed by atoms with Gasteiger partial charge in [0, 0.05) is 23.6 Å². The second-order valence-corrected chi connectivity index (χ2v) is 3.43. The number of nitrogens with one attached hydrogen (secondary N) is 1. The molecule has 1 aliphatic rings. The molecule has 0 radical (unpaired) electrons. The number of para-hydroxylation sites is 1. The van der Waals surface area contributed by atoms with Gasteiger partial charge in [0.1, 0.15) is 0 Å². The molecule has 1 aromatic heterocycles. The SMILES string of the molecule is C1=NCCN1c1c[nH]c2ccccc12. The van der Waals surface area contributed by atoms with E-state index in [0.717, 1.165) is 13.1 Å². The zero-order chi connectivity index (χ0) is 9.38. The van der Waals surface area contributed by atoms with E-state index in [1.54, 1.807) is 0 Å². The number of rotatable bonds is 1. The predicted molar refractivity (Wildman–Crippen MR) is 59.0 cm³/mol. The Morgan fingerprint density at radius 3 is 3.07 bits per heavy atom. The number of anilines is 1. The normalized spacial score (nSPS) is 15.6. The Labute approximate surface area is 82.1 Å². The van der Waals surface area contributed by atoms with Crippen LogP contribution in [-0.2, 0) is 0 Å². The Morgan fingerprint density at radius 1 is 1.29 bits per heavy atom. The molecule has 3 heteroatoms. The summed E-state index contributed by atoms with van der Waals surface area (Å²) in [5, 5.41) is 1.26. The average molecular weight is 185 g/mol. The van der Waals surface area contributed by atoms with E-state index in [-0.39, 0.29) is 0 Å². The standard InChI is InChI=1S/C11H11N3/c1-2-4-10-9(3-1)11(7-13-10)14-6-5-12-8-14/h1-4,7-8,13H,5-6H2. The Bertz CT molecular complexity index is 484. The average Bonchev–Trinajstić information content (AvgIpc) is 2.85. The monoisotopic (exact) mass is 185 g/mol. The van der Waals surface area contributed by atoms with Gasteiger partial charge in [0.2, 0.25) is 0 Å². The highest BCUT2D eigenvalue weighted by molar-refractivity contribution is 5.98. The Hall–Kier alpha value is -1.77. The molecule has 0 bridgehead atoms. The van der Waals surface area contributed by atoms with Crippen LogP contribution in [0.4, 0.5) is 5.69 Å². The van der Waals surface area contributed by atoms with Gasteiger partial charge in [-0.25, -0.2) is 0 Å². The number of aliphatic imine (C=N–C) groups is 1. The van der Waals surface area contributed by atoms with Crippen molar-refractivity contribution < 1.29 is 0 Å². The number of H-pyrrole nitrogens is 1. The van der Waals surface area contributed by atoms with E-state index < -0.39 is 0 Å². The second-order valence-electron chi connectivity index (χ2n) is 3.43. The molecular weight excluding hydrogens is 174 g/mol. The maximum absolute atomic E-state index is 4.21. The Kier molecular flexibility index (Phi) is 1.56. The molecule has 0 spiro atoms. The van der Waals surface area contributed by atoms with E-state index in [1.807, 2.05) is 18.6 Å². The summed E-state index contributed by atoms with van der Waals surface area (Å²) in [7, 11) is 0. The van der Waals surface area contributed by atoms with Gasteiger partial charge in [-0.1, -0.05) is 18.2 Å². The van der Waals surface area contributed by atoms with Gasteiger partial charge in [0.05, 0.1) is 18.6 Å². The molecule has 2 heterocycles. The summed E-state index contributed by atoms with van der Waals surface area (Å²) in [6.07, 6.45) is 3.96. The van der Waals surface area contributed by atoms with Gasteiger partial charge < -0.3 is 9.88 Å². The largest absolute Gasteiger partial charge is 0.359 e. The number of fused-ring (bicyclic) bond motifs is 1. The van der Waals surface area contributed by atoms with Crippen molar-refractivity contribution >= 4 is 22.9 Å². The fourth-order valence-electron chi connectivity index (χ4n) is 1.86. The summed E-state index contributed by atoms with van der Waals surface area (Å²) in [6, 6.07) is 8.33. The number of hydrogen-bond acceptors (Lipinski definition) is 2. The van der Waals surface area contributed by atoms with Gasteiger partial charge in [-0.3, -0.25) is 4.99 Å². The number of nitrogens with zero attached hydrogens (tertiary/aromatic N) is 2. The molecule has 0 saturated heterocycles. The first-order valence-corrected chi connectivity index (χ1v) is 4.78. The predicted octanol–water partition coefficient (Wildman–Crippen LogP) is 2.02. The van der Waals surface area contributed by atoms with Crippen molar-refractivity contribution in [3.63, 3.8) is 0 Å². The van der Waals surface area contributed by atoms with Crippen LogP contribution in [0.15, 0.2) is 35.5 Å². The molecule has 0 amide bonds. The lowest BCUT2D eigenvalue weighted by Gasteiger charge is -2.11. The van der Waals surface area contributed by atoms with Crippen molar-refractivity contribution in [3.8, 4) is 0 Å². The number of hydrogen-bond donors (Lipinski definition) is 1. The lowest BCUT2D eigenvalue weighted by atomic mass is 10.2. The van der Waals surface area contributed by atoms with Crippen LogP contribution in [-0.4, -0.2) is 24.4 Å². The lowest BCUT2D eigenvalue weighted by molar-refractivity contribution is 1.03. The van der Waals surface area contributed by atoms with Crippen molar-refractivity contribution in [2.24, 2.45) is 4.99 Å². The van der Waals surface area contributed by atoms with Crippen LogP contribution in [0, 0.1) is 0 Å². The number of aromatic amines is 1. The van der Waals surface area contributed by atoms with E-state index >= 15 is 0 Å². The van der Waals surface area contributed by atoms with E-state index in [2.05, 4.69) is 33.1 Å². The maximum Gasteiger partial charge on any atom is 0.0896 e. The molecule has 3 nitrogen and oxygen atoms in total. The zero-order valence-electron chi connectivity index (χ0n) is 7.77. The fraction of sp³-hybridized carbons (Fsp3) is 0.182. The highest BCUT2D eigenvalue weighted by atomic mass is 15.2. The van der Waals surface area contributed by atoms with Gasteiger partial charge in [0.15, 0.2) is 0 Å². The fourth-order valence-corrected chi connectivity index (χ4v) is 1.86. The quantitative estimate of drug-likeness (QED) is 0.724. The minimum Gasteiger partial charge on any atom is -0.359 e. The molecule has 1 N–H and O–H groups in total. The van der Waals surface area contributed by atoms with Crippen LogP contribution in [0.5, 0.6) is 0 Å². The highest BCUT2D eigenvalue weighted by Crippen LogP contribution is 2.26.